The molecule has 5 heteroatoms. The van der Waals surface area contributed by atoms with E-state index in [0.29, 0.717) is 23.2 Å². The van der Waals surface area contributed by atoms with Gasteiger partial charge in [0.05, 0.1) is 18.2 Å². The zero-order valence-corrected chi connectivity index (χ0v) is 17.2. The molecule has 4 nitrogen and oxygen atoms in total. The van der Waals surface area contributed by atoms with E-state index < -0.39 is 0 Å². The molecule has 0 heterocycles. The topological polar surface area (TPSA) is 50.4 Å². The number of thiocarbonyl (C=S) groups is 1. The van der Waals surface area contributed by atoms with E-state index in [9.17, 15) is 4.79 Å². The molecule has 0 amide bonds. The van der Waals surface area contributed by atoms with Crippen molar-refractivity contribution < 1.29 is 9.53 Å². The average molecular weight is 385 g/mol. The molecule has 27 heavy (non-hydrogen) atoms. The van der Waals surface area contributed by atoms with Crippen LogP contribution in [0.25, 0.3) is 0 Å². The summed E-state index contributed by atoms with van der Waals surface area (Å²) in [5.74, 6) is 0.227. The Morgan fingerprint density at radius 3 is 2.44 bits per heavy atom. The highest BCUT2D eigenvalue weighted by molar-refractivity contribution is 7.80. The van der Waals surface area contributed by atoms with Crippen molar-refractivity contribution in [3.63, 3.8) is 0 Å². The highest BCUT2D eigenvalue weighted by atomic mass is 32.1. The lowest BCUT2D eigenvalue weighted by molar-refractivity contribution is 0.0526. The van der Waals surface area contributed by atoms with E-state index in [1.165, 1.54) is 5.56 Å². The number of anilines is 1. The van der Waals surface area contributed by atoms with Crippen LogP contribution >= 0.6 is 12.2 Å². The Morgan fingerprint density at radius 2 is 1.85 bits per heavy atom. The Labute approximate surface area is 167 Å². The first kappa shape index (κ1) is 20.9. The lowest BCUT2D eigenvalue weighted by atomic mass is 9.97. The Bertz CT molecular complexity index is 775. The van der Waals surface area contributed by atoms with E-state index in [1.54, 1.807) is 13.0 Å². The van der Waals surface area contributed by atoms with Crippen molar-refractivity contribution in [2.75, 3.05) is 11.9 Å². The van der Waals surface area contributed by atoms with Gasteiger partial charge in [-0.25, -0.2) is 4.79 Å². The zero-order chi connectivity index (χ0) is 19.8. The van der Waals surface area contributed by atoms with Crippen molar-refractivity contribution in [2.24, 2.45) is 5.92 Å². The Balaban J connectivity index is 2.08. The predicted molar refractivity (Wildman–Crippen MR) is 115 cm³/mol. The van der Waals surface area contributed by atoms with Gasteiger partial charge in [-0.3, -0.25) is 0 Å². The van der Waals surface area contributed by atoms with Gasteiger partial charge in [-0.1, -0.05) is 44.2 Å². The molecule has 2 aromatic rings. The fourth-order valence-electron chi connectivity index (χ4n) is 2.90. The summed E-state index contributed by atoms with van der Waals surface area (Å²) in [5.41, 5.74) is 3.56. The second-order valence-electron chi connectivity index (χ2n) is 6.94. The van der Waals surface area contributed by atoms with Gasteiger partial charge in [0.1, 0.15) is 0 Å². The number of benzene rings is 2. The Hall–Kier alpha value is -2.40. The molecular formula is C22H28N2O2S. The van der Waals surface area contributed by atoms with Gasteiger partial charge < -0.3 is 15.4 Å². The summed E-state index contributed by atoms with van der Waals surface area (Å²) in [6, 6.07) is 15.9. The van der Waals surface area contributed by atoms with Crippen LogP contribution in [0.2, 0.25) is 0 Å². The summed E-state index contributed by atoms with van der Waals surface area (Å²) >= 11 is 5.54. The van der Waals surface area contributed by atoms with Crippen LogP contribution in [0.15, 0.2) is 48.5 Å². The molecule has 0 saturated heterocycles. The van der Waals surface area contributed by atoms with Gasteiger partial charge in [0, 0.05) is 5.69 Å². The predicted octanol–water partition coefficient (Wildman–Crippen LogP) is 5.25. The molecule has 0 bridgehead atoms. The van der Waals surface area contributed by atoms with E-state index >= 15 is 0 Å². The average Bonchev–Trinajstić information content (AvgIpc) is 2.63. The third-order valence-corrected chi connectivity index (χ3v) is 4.42. The van der Waals surface area contributed by atoms with Crippen LogP contribution in [-0.2, 0) is 4.74 Å². The smallest absolute Gasteiger partial charge is 0.338 e. The zero-order valence-electron chi connectivity index (χ0n) is 16.4. The molecule has 0 fully saturated rings. The fourth-order valence-corrected chi connectivity index (χ4v) is 3.15. The second kappa shape index (κ2) is 10.1. The van der Waals surface area contributed by atoms with Crippen molar-refractivity contribution in [2.45, 2.75) is 40.2 Å². The van der Waals surface area contributed by atoms with Crippen molar-refractivity contribution in [1.82, 2.24) is 5.32 Å². The maximum atomic E-state index is 11.9. The molecule has 1 atom stereocenters. The number of aryl methyl sites for hydroxylation is 1. The molecule has 2 aromatic carbocycles. The van der Waals surface area contributed by atoms with Crippen LogP contribution in [0.1, 0.15) is 54.7 Å². The van der Waals surface area contributed by atoms with Crippen LogP contribution in [-0.4, -0.2) is 17.7 Å². The van der Waals surface area contributed by atoms with Gasteiger partial charge in [-0.2, -0.15) is 0 Å². The molecular weight excluding hydrogens is 356 g/mol. The summed E-state index contributed by atoms with van der Waals surface area (Å²) < 4.78 is 5.04. The third kappa shape index (κ3) is 6.36. The number of hydrogen-bond donors (Lipinski definition) is 2. The van der Waals surface area contributed by atoms with Crippen molar-refractivity contribution in [3.05, 3.63) is 65.2 Å². The summed E-state index contributed by atoms with van der Waals surface area (Å²) in [6.45, 7) is 8.50. The molecule has 0 aliphatic heterocycles. The number of esters is 1. The van der Waals surface area contributed by atoms with E-state index in [4.69, 9.17) is 17.0 Å². The minimum absolute atomic E-state index is 0.144. The van der Waals surface area contributed by atoms with Crippen molar-refractivity contribution >= 4 is 29.0 Å². The highest BCUT2D eigenvalue weighted by Crippen LogP contribution is 2.22. The van der Waals surface area contributed by atoms with E-state index in [1.807, 2.05) is 37.3 Å². The maximum absolute atomic E-state index is 11.9. The van der Waals surface area contributed by atoms with Gasteiger partial charge in [0.15, 0.2) is 5.11 Å². The highest BCUT2D eigenvalue weighted by Gasteiger charge is 2.15. The molecule has 0 aliphatic rings. The van der Waals surface area contributed by atoms with Gasteiger partial charge in [0.25, 0.3) is 0 Å². The lowest BCUT2D eigenvalue weighted by Crippen LogP contribution is -2.33. The van der Waals surface area contributed by atoms with Crippen LogP contribution in [0.4, 0.5) is 5.69 Å². The minimum atomic E-state index is -0.311. The standard InChI is InChI=1S/C22H28N2O2S/c1-5-26-21(25)18-11-12-19(16(4)14-18)23-22(27)24-20(13-15(2)3)17-9-7-6-8-10-17/h6-12,14-15,20H,5,13H2,1-4H3,(H2,23,24,27)/t20-/m0/s1. The van der Waals surface area contributed by atoms with Gasteiger partial charge >= 0.3 is 5.97 Å². The normalized spacial score (nSPS) is 11.7. The molecule has 0 spiro atoms. The summed E-state index contributed by atoms with van der Waals surface area (Å²) in [5, 5.41) is 7.24. The lowest BCUT2D eigenvalue weighted by Gasteiger charge is -2.23. The molecule has 2 N–H and O–H groups in total. The van der Waals surface area contributed by atoms with E-state index in [-0.39, 0.29) is 12.0 Å². The monoisotopic (exact) mass is 384 g/mol. The molecule has 0 radical (unpaired) electrons. The van der Waals surface area contributed by atoms with Crippen LogP contribution in [0.5, 0.6) is 0 Å². The number of ether oxygens (including phenoxy) is 1. The molecule has 2 rings (SSSR count). The van der Waals surface area contributed by atoms with Crippen LogP contribution in [0.3, 0.4) is 0 Å². The Kier molecular flexibility index (Phi) is 7.80. The van der Waals surface area contributed by atoms with Gasteiger partial charge in [-0.05, 0) is 67.7 Å². The Morgan fingerprint density at radius 1 is 1.15 bits per heavy atom. The van der Waals surface area contributed by atoms with Gasteiger partial charge in [-0.15, -0.1) is 0 Å². The quantitative estimate of drug-likeness (QED) is 0.505. The summed E-state index contributed by atoms with van der Waals surface area (Å²) in [6.07, 6.45) is 0.979. The molecule has 144 valence electrons. The molecule has 0 unspecified atom stereocenters. The first-order valence-corrected chi connectivity index (χ1v) is 9.71. The number of rotatable bonds is 7. The number of hydrogen-bond acceptors (Lipinski definition) is 3. The molecule has 0 saturated carbocycles. The van der Waals surface area contributed by atoms with E-state index in [2.05, 4.69) is 36.6 Å². The van der Waals surface area contributed by atoms with Crippen LogP contribution < -0.4 is 10.6 Å². The van der Waals surface area contributed by atoms with Gasteiger partial charge in [0.2, 0.25) is 0 Å². The first-order chi connectivity index (χ1) is 12.9. The first-order valence-electron chi connectivity index (χ1n) is 9.31. The number of nitrogens with one attached hydrogen (secondary N) is 2. The third-order valence-electron chi connectivity index (χ3n) is 4.20. The second-order valence-corrected chi connectivity index (χ2v) is 7.35. The summed E-state index contributed by atoms with van der Waals surface area (Å²) in [7, 11) is 0. The van der Waals surface area contributed by atoms with Crippen molar-refractivity contribution in [1.29, 1.82) is 0 Å². The van der Waals surface area contributed by atoms with Crippen LogP contribution in [0, 0.1) is 12.8 Å². The summed E-state index contributed by atoms with van der Waals surface area (Å²) in [4.78, 5) is 11.9. The maximum Gasteiger partial charge on any atom is 0.338 e. The fraction of sp³-hybridized carbons (Fsp3) is 0.364. The molecule has 0 aromatic heterocycles. The molecule has 0 aliphatic carbocycles. The minimum Gasteiger partial charge on any atom is -0.462 e. The SMILES string of the molecule is CCOC(=O)c1ccc(NC(=S)N[C@@H](CC(C)C)c2ccccc2)c(C)c1. The van der Waals surface area contributed by atoms with Crippen molar-refractivity contribution in [3.8, 4) is 0 Å². The number of carbonyl (C=O) groups excluding carboxylic acids is 1. The largest absolute Gasteiger partial charge is 0.462 e. The number of carbonyl (C=O) groups is 1. The van der Waals surface area contributed by atoms with E-state index in [0.717, 1.165) is 17.7 Å².